The van der Waals surface area contributed by atoms with E-state index in [4.69, 9.17) is 0 Å². The first kappa shape index (κ1) is 15.4. The van der Waals surface area contributed by atoms with Gasteiger partial charge in [0.15, 0.2) is 0 Å². The van der Waals surface area contributed by atoms with E-state index in [-0.39, 0.29) is 0 Å². The molecule has 0 aromatic carbocycles. The standard InChI is InChI=1S/C11H23BrN2O2S/c1-3-7-13(10-6-12)17(15,16)14-8-4-11(2)5-9-14/h11H,3-10H2,1-2H3. The number of hydrogen-bond donors (Lipinski definition) is 0. The Morgan fingerprint density at radius 2 is 1.88 bits per heavy atom. The van der Waals surface area contributed by atoms with Gasteiger partial charge < -0.3 is 0 Å². The summed E-state index contributed by atoms with van der Waals surface area (Å²) in [6.45, 7) is 6.71. The van der Waals surface area contributed by atoms with Gasteiger partial charge in [-0.1, -0.05) is 29.8 Å². The Bertz CT molecular complexity index is 307. The van der Waals surface area contributed by atoms with Gasteiger partial charge in [0, 0.05) is 31.5 Å². The van der Waals surface area contributed by atoms with Gasteiger partial charge in [-0.3, -0.25) is 0 Å². The molecule has 0 aliphatic carbocycles. The Morgan fingerprint density at radius 1 is 1.29 bits per heavy atom. The summed E-state index contributed by atoms with van der Waals surface area (Å²) in [5, 5.41) is 0.691. The summed E-state index contributed by atoms with van der Waals surface area (Å²) < 4.78 is 28.0. The number of hydrogen-bond acceptors (Lipinski definition) is 2. The molecular formula is C11H23BrN2O2S. The van der Waals surface area contributed by atoms with Crippen LogP contribution < -0.4 is 0 Å². The van der Waals surface area contributed by atoms with Crippen molar-refractivity contribution in [1.82, 2.24) is 8.61 Å². The Morgan fingerprint density at radius 3 is 2.35 bits per heavy atom. The van der Waals surface area contributed by atoms with Gasteiger partial charge in [0.1, 0.15) is 0 Å². The lowest BCUT2D eigenvalue weighted by Gasteiger charge is -2.33. The summed E-state index contributed by atoms with van der Waals surface area (Å²) in [5.74, 6) is 0.650. The van der Waals surface area contributed by atoms with Crippen LogP contribution in [0.5, 0.6) is 0 Å². The van der Waals surface area contributed by atoms with E-state index in [0.717, 1.165) is 19.3 Å². The lowest BCUT2D eigenvalue weighted by atomic mass is 10.0. The van der Waals surface area contributed by atoms with Gasteiger partial charge in [-0.05, 0) is 25.2 Å². The average molecular weight is 327 g/mol. The molecule has 0 saturated carbocycles. The van der Waals surface area contributed by atoms with Crippen LogP contribution in [-0.4, -0.2) is 48.5 Å². The van der Waals surface area contributed by atoms with Crippen LogP contribution in [0.2, 0.25) is 0 Å². The Labute approximate surface area is 114 Å². The van der Waals surface area contributed by atoms with Crippen LogP contribution in [0.25, 0.3) is 0 Å². The highest BCUT2D eigenvalue weighted by atomic mass is 79.9. The number of alkyl halides is 1. The second-order valence-electron chi connectivity index (χ2n) is 4.68. The number of nitrogens with zero attached hydrogens (tertiary/aromatic N) is 2. The van der Waals surface area contributed by atoms with E-state index in [1.807, 2.05) is 6.92 Å². The summed E-state index contributed by atoms with van der Waals surface area (Å²) in [4.78, 5) is 0. The molecule has 1 saturated heterocycles. The maximum atomic E-state index is 12.4. The van der Waals surface area contributed by atoms with Crippen LogP contribution >= 0.6 is 15.9 Å². The van der Waals surface area contributed by atoms with Gasteiger partial charge >= 0.3 is 0 Å². The van der Waals surface area contributed by atoms with E-state index in [1.54, 1.807) is 8.61 Å². The van der Waals surface area contributed by atoms with Crippen molar-refractivity contribution in [3.05, 3.63) is 0 Å². The zero-order valence-corrected chi connectivity index (χ0v) is 13.1. The predicted octanol–water partition coefficient (Wildman–Crippen LogP) is 2.07. The van der Waals surface area contributed by atoms with Crippen molar-refractivity contribution in [2.75, 3.05) is 31.5 Å². The van der Waals surface area contributed by atoms with Crippen LogP contribution in [0.1, 0.15) is 33.1 Å². The van der Waals surface area contributed by atoms with Crippen LogP contribution in [0.3, 0.4) is 0 Å². The van der Waals surface area contributed by atoms with Crippen molar-refractivity contribution < 1.29 is 8.42 Å². The minimum atomic E-state index is -3.24. The van der Waals surface area contributed by atoms with Gasteiger partial charge in [-0.25, -0.2) is 0 Å². The lowest BCUT2D eigenvalue weighted by molar-refractivity contribution is 0.266. The minimum Gasteiger partial charge on any atom is -0.195 e. The highest BCUT2D eigenvalue weighted by Gasteiger charge is 2.31. The molecule has 6 heteroatoms. The molecule has 0 bridgehead atoms. The fourth-order valence-electron chi connectivity index (χ4n) is 2.07. The summed E-state index contributed by atoms with van der Waals surface area (Å²) in [5.41, 5.74) is 0. The van der Waals surface area contributed by atoms with Gasteiger partial charge in [0.2, 0.25) is 0 Å². The fraction of sp³-hybridized carbons (Fsp3) is 1.00. The second kappa shape index (κ2) is 7.07. The van der Waals surface area contributed by atoms with Crippen molar-refractivity contribution in [2.24, 2.45) is 5.92 Å². The molecule has 1 fully saturated rings. The first-order valence-corrected chi connectivity index (χ1v) is 8.85. The third kappa shape index (κ3) is 4.19. The molecule has 0 radical (unpaired) electrons. The lowest BCUT2D eigenvalue weighted by Crippen LogP contribution is -2.47. The quantitative estimate of drug-likeness (QED) is 0.701. The minimum absolute atomic E-state index is 0.558. The Hall–Kier alpha value is 0.350. The normalized spacial score (nSPS) is 20.0. The van der Waals surface area contributed by atoms with Gasteiger partial charge in [0.05, 0.1) is 0 Å². The third-order valence-corrected chi connectivity index (χ3v) is 5.59. The monoisotopic (exact) mass is 326 g/mol. The summed E-state index contributed by atoms with van der Waals surface area (Å²) in [7, 11) is -3.24. The first-order valence-electron chi connectivity index (χ1n) is 6.33. The smallest absolute Gasteiger partial charge is 0.195 e. The fourth-order valence-corrected chi connectivity index (χ4v) is 4.46. The molecule has 0 N–H and O–H groups in total. The van der Waals surface area contributed by atoms with E-state index in [9.17, 15) is 8.42 Å². The first-order chi connectivity index (χ1) is 8.02. The van der Waals surface area contributed by atoms with E-state index < -0.39 is 10.2 Å². The average Bonchev–Trinajstić information content (AvgIpc) is 2.29. The summed E-state index contributed by atoms with van der Waals surface area (Å²) in [6.07, 6.45) is 2.82. The van der Waals surface area contributed by atoms with E-state index in [0.29, 0.717) is 37.4 Å². The van der Waals surface area contributed by atoms with Crippen LogP contribution in [0, 0.1) is 5.92 Å². The molecule has 1 aliphatic rings. The molecule has 0 atom stereocenters. The largest absolute Gasteiger partial charge is 0.282 e. The molecule has 1 heterocycles. The maximum Gasteiger partial charge on any atom is 0.282 e. The molecule has 102 valence electrons. The van der Waals surface area contributed by atoms with E-state index in [1.165, 1.54) is 0 Å². The van der Waals surface area contributed by atoms with Gasteiger partial charge in [-0.2, -0.15) is 17.0 Å². The number of halogens is 1. The van der Waals surface area contributed by atoms with Crippen molar-refractivity contribution >= 4 is 26.1 Å². The van der Waals surface area contributed by atoms with Crippen molar-refractivity contribution in [2.45, 2.75) is 33.1 Å². The van der Waals surface area contributed by atoms with Crippen LogP contribution in [0.15, 0.2) is 0 Å². The molecule has 4 nitrogen and oxygen atoms in total. The number of rotatable bonds is 6. The van der Waals surface area contributed by atoms with Gasteiger partial charge in [0.25, 0.3) is 10.2 Å². The topological polar surface area (TPSA) is 40.6 Å². The second-order valence-corrected chi connectivity index (χ2v) is 7.40. The molecule has 1 rings (SSSR count). The third-order valence-electron chi connectivity index (χ3n) is 3.20. The SMILES string of the molecule is CCCN(CCBr)S(=O)(=O)N1CCC(C)CC1. The zero-order chi connectivity index (χ0) is 12.9. The zero-order valence-electron chi connectivity index (χ0n) is 10.7. The molecule has 0 unspecified atom stereocenters. The molecular weight excluding hydrogens is 304 g/mol. The van der Waals surface area contributed by atoms with Gasteiger partial charge in [-0.15, -0.1) is 0 Å². The van der Waals surface area contributed by atoms with Crippen molar-refractivity contribution in [1.29, 1.82) is 0 Å². The summed E-state index contributed by atoms with van der Waals surface area (Å²) in [6, 6.07) is 0. The highest BCUT2D eigenvalue weighted by molar-refractivity contribution is 9.09. The van der Waals surface area contributed by atoms with Crippen molar-refractivity contribution in [3.8, 4) is 0 Å². The highest BCUT2D eigenvalue weighted by Crippen LogP contribution is 2.20. The molecule has 0 aromatic heterocycles. The summed E-state index contributed by atoms with van der Waals surface area (Å²) >= 11 is 3.32. The Kier molecular flexibility index (Phi) is 6.40. The molecule has 0 amide bonds. The van der Waals surface area contributed by atoms with Crippen molar-refractivity contribution in [3.63, 3.8) is 0 Å². The molecule has 0 aromatic rings. The van der Waals surface area contributed by atoms with Crippen LogP contribution in [-0.2, 0) is 10.2 Å². The van der Waals surface area contributed by atoms with E-state index in [2.05, 4.69) is 22.9 Å². The van der Waals surface area contributed by atoms with E-state index >= 15 is 0 Å². The molecule has 1 aliphatic heterocycles. The Balaban J connectivity index is 2.70. The predicted molar refractivity (Wildman–Crippen MR) is 74.5 cm³/mol. The molecule has 17 heavy (non-hydrogen) atoms. The number of piperidine rings is 1. The molecule has 0 spiro atoms. The maximum absolute atomic E-state index is 12.4. The van der Waals surface area contributed by atoms with Crippen LogP contribution in [0.4, 0.5) is 0 Å².